The van der Waals surface area contributed by atoms with Crippen LogP contribution in [0.15, 0.2) is 6.07 Å². The molecule has 15 heavy (non-hydrogen) atoms. The predicted octanol–water partition coefficient (Wildman–Crippen LogP) is 1.53. The van der Waals surface area contributed by atoms with Crippen LogP contribution in [-0.4, -0.2) is 26.0 Å². The summed E-state index contributed by atoms with van der Waals surface area (Å²) in [6.07, 6.45) is 0.776. The van der Waals surface area contributed by atoms with Gasteiger partial charge in [-0.1, -0.05) is 6.92 Å². The number of fused-ring (bicyclic) bond motifs is 1. The van der Waals surface area contributed by atoms with Gasteiger partial charge < -0.3 is 10.1 Å². The molecule has 0 fully saturated rings. The molecule has 0 atom stereocenters. The minimum absolute atomic E-state index is 0.0363. The van der Waals surface area contributed by atoms with Crippen LogP contribution in [0.1, 0.15) is 28.8 Å². The summed E-state index contributed by atoms with van der Waals surface area (Å²) in [4.78, 5) is 22.1. The molecule has 0 amide bonds. The zero-order valence-electron chi connectivity index (χ0n) is 8.53. The van der Waals surface area contributed by atoms with E-state index in [1.165, 1.54) is 0 Å². The van der Waals surface area contributed by atoms with Crippen LogP contribution in [0.25, 0.3) is 11.2 Å². The monoisotopic (exact) mass is 205 g/mol. The van der Waals surface area contributed by atoms with Crippen LogP contribution < -0.4 is 0 Å². The predicted molar refractivity (Wildman–Crippen MR) is 55.0 cm³/mol. The Labute approximate surface area is 86.2 Å². The number of imidazole rings is 1. The molecule has 5 heteroatoms. The molecule has 0 aliphatic rings. The van der Waals surface area contributed by atoms with Crippen molar-refractivity contribution in [2.75, 3.05) is 0 Å². The fourth-order valence-electron chi connectivity index (χ4n) is 1.47. The van der Waals surface area contributed by atoms with Crippen LogP contribution in [0.5, 0.6) is 0 Å². The zero-order chi connectivity index (χ0) is 11.0. The van der Waals surface area contributed by atoms with Crippen LogP contribution in [0.3, 0.4) is 0 Å². The number of H-pyrrole nitrogens is 1. The second-order valence-electron chi connectivity index (χ2n) is 3.37. The van der Waals surface area contributed by atoms with Crippen molar-refractivity contribution >= 4 is 17.1 Å². The number of carboxylic acids is 1. The molecule has 0 spiro atoms. The van der Waals surface area contributed by atoms with Crippen molar-refractivity contribution in [1.29, 1.82) is 0 Å². The Morgan fingerprint density at radius 1 is 1.53 bits per heavy atom. The maximum absolute atomic E-state index is 10.8. The Balaban J connectivity index is 2.70. The summed E-state index contributed by atoms with van der Waals surface area (Å²) in [7, 11) is 0. The first-order chi connectivity index (χ1) is 7.11. The molecular weight excluding hydrogens is 194 g/mol. The van der Waals surface area contributed by atoms with E-state index >= 15 is 0 Å². The molecular formula is C10H11N3O2. The third kappa shape index (κ3) is 1.56. The van der Waals surface area contributed by atoms with E-state index in [9.17, 15) is 4.79 Å². The number of nitrogens with zero attached hydrogens (tertiary/aromatic N) is 2. The molecule has 2 aromatic heterocycles. The SMILES string of the molecule is CCc1nc2nc(C(=O)O)cc(C)c2[nH]1. The lowest BCUT2D eigenvalue weighted by Gasteiger charge is -1.96. The summed E-state index contributed by atoms with van der Waals surface area (Å²) in [6.45, 7) is 3.82. The van der Waals surface area contributed by atoms with E-state index < -0.39 is 5.97 Å². The van der Waals surface area contributed by atoms with Gasteiger partial charge >= 0.3 is 5.97 Å². The average molecular weight is 205 g/mol. The molecule has 78 valence electrons. The molecule has 0 aliphatic heterocycles. The minimum atomic E-state index is -1.03. The lowest BCUT2D eigenvalue weighted by atomic mass is 10.2. The van der Waals surface area contributed by atoms with Gasteiger partial charge in [-0.25, -0.2) is 14.8 Å². The van der Waals surface area contributed by atoms with Gasteiger partial charge in [0.2, 0.25) is 0 Å². The molecule has 2 rings (SSSR count). The van der Waals surface area contributed by atoms with Crippen molar-refractivity contribution in [3.05, 3.63) is 23.1 Å². The average Bonchev–Trinajstić information content (AvgIpc) is 2.61. The number of nitrogens with one attached hydrogen (secondary N) is 1. The van der Waals surface area contributed by atoms with E-state index in [1.54, 1.807) is 6.07 Å². The quantitative estimate of drug-likeness (QED) is 0.779. The molecule has 0 saturated heterocycles. The van der Waals surface area contributed by atoms with Crippen molar-refractivity contribution in [3.63, 3.8) is 0 Å². The fourth-order valence-corrected chi connectivity index (χ4v) is 1.47. The molecule has 0 unspecified atom stereocenters. The standard InChI is InChI=1S/C10H11N3O2/c1-3-7-12-8-5(2)4-6(10(14)15)11-9(8)13-7/h4H,3H2,1-2H3,(H,14,15)(H,11,12,13). The highest BCUT2D eigenvalue weighted by Gasteiger charge is 2.11. The molecule has 5 nitrogen and oxygen atoms in total. The first-order valence-electron chi connectivity index (χ1n) is 4.71. The van der Waals surface area contributed by atoms with Gasteiger partial charge in [0.1, 0.15) is 5.82 Å². The summed E-state index contributed by atoms with van der Waals surface area (Å²) in [5.41, 5.74) is 2.18. The van der Waals surface area contributed by atoms with Gasteiger partial charge in [0.15, 0.2) is 11.3 Å². The number of aryl methyl sites for hydroxylation is 2. The topological polar surface area (TPSA) is 78.9 Å². The molecule has 0 aliphatic carbocycles. The molecule has 0 aromatic carbocycles. The van der Waals surface area contributed by atoms with E-state index in [-0.39, 0.29) is 5.69 Å². The highest BCUT2D eigenvalue weighted by molar-refractivity contribution is 5.89. The molecule has 2 heterocycles. The number of carbonyl (C=O) groups is 1. The van der Waals surface area contributed by atoms with Crippen LogP contribution in [0.2, 0.25) is 0 Å². The van der Waals surface area contributed by atoms with E-state index in [2.05, 4.69) is 15.0 Å². The normalized spacial score (nSPS) is 10.8. The number of pyridine rings is 1. The number of hydrogen-bond donors (Lipinski definition) is 2. The molecule has 2 N–H and O–H groups in total. The third-order valence-electron chi connectivity index (χ3n) is 2.26. The molecule has 0 radical (unpaired) electrons. The van der Waals surface area contributed by atoms with Gasteiger partial charge in [-0.3, -0.25) is 0 Å². The third-order valence-corrected chi connectivity index (χ3v) is 2.26. The van der Waals surface area contributed by atoms with E-state index in [4.69, 9.17) is 5.11 Å². The Kier molecular flexibility index (Phi) is 2.15. The second kappa shape index (κ2) is 3.34. The van der Waals surface area contributed by atoms with Gasteiger partial charge in [0.25, 0.3) is 0 Å². The number of aromatic amines is 1. The Morgan fingerprint density at radius 3 is 2.87 bits per heavy atom. The number of aromatic carboxylic acids is 1. The van der Waals surface area contributed by atoms with Crippen molar-refractivity contribution in [2.24, 2.45) is 0 Å². The summed E-state index contributed by atoms with van der Waals surface area (Å²) in [5.74, 6) is -0.204. The molecule has 0 saturated carbocycles. The smallest absolute Gasteiger partial charge is 0.354 e. The minimum Gasteiger partial charge on any atom is -0.477 e. The summed E-state index contributed by atoms with van der Waals surface area (Å²) in [6, 6.07) is 1.54. The Morgan fingerprint density at radius 2 is 2.27 bits per heavy atom. The van der Waals surface area contributed by atoms with Gasteiger partial charge in [0.05, 0.1) is 5.52 Å². The maximum Gasteiger partial charge on any atom is 0.354 e. The first-order valence-corrected chi connectivity index (χ1v) is 4.71. The van der Waals surface area contributed by atoms with E-state index in [0.29, 0.717) is 5.65 Å². The van der Waals surface area contributed by atoms with Gasteiger partial charge in [-0.05, 0) is 18.6 Å². The largest absolute Gasteiger partial charge is 0.477 e. The van der Waals surface area contributed by atoms with Crippen molar-refractivity contribution in [1.82, 2.24) is 15.0 Å². The first kappa shape index (κ1) is 9.64. The lowest BCUT2D eigenvalue weighted by molar-refractivity contribution is 0.0691. The van der Waals surface area contributed by atoms with E-state index in [1.807, 2.05) is 13.8 Å². The number of hydrogen-bond acceptors (Lipinski definition) is 3. The van der Waals surface area contributed by atoms with Crippen LogP contribution in [-0.2, 0) is 6.42 Å². The number of aromatic nitrogens is 3. The van der Waals surface area contributed by atoms with Gasteiger partial charge in [-0.15, -0.1) is 0 Å². The zero-order valence-corrected chi connectivity index (χ0v) is 8.53. The van der Waals surface area contributed by atoms with Crippen molar-refractivity contribution < 1.29 is 9.90 Å². The highest BCUT2D eigenvalue weighted by Crippen LogP contribution is 2.15. The van der Waals surface area contributed by atoms with Crippen molar-refractivity contribution in [2.45, 2.75) is 20.3 Å². The molecule has 2 aromatic rings. The summed E-state index contributed by atoms with van der Waals surface area (Å²) < 4.78 is 0. The van der Waals surface area contributed by atoms with E-state index in [0.717, 1.165) is 23.3 Å². The molecule has 0 bridgehead atoms. The van der Waals surface area contributed by atoms with Crippen LogP contribution in [0.4, 0.5) is 0 Å². The van der Waals surface area contributed by atoms with Gasteiger partial charge in [-0.2, -0.15) is 0 Å². The van der Waals surface area contributed by atoms with Gasteiger partial charge in [0, 0.05) is 6.42 Å². The van der Waals surface area contributed by atoms with Crippen molar-refractivity contribution in [3.8, 4) is 0 Å². The number of carboxylic acid groups (broad SMARTS) is 1. The maximum atomic E-state index is 10.8. The lowest BCUT2D eigenvalue weighted by Crippen LogP contribution is -2.01. The Bertz CT molecular complexity index is 531. The Hall–Kier alpha value is -1.91. The number of rotatable bonds is 2. The van der Waals surface area contributed by atoms with Crippen LogP contribution in [0, 0.1) is 6.92 Å². The summed E-state index contributed by atoms with van der Waals surface area (Å²) >= 11 is 0. The fraction of sp³-hybridized carbons (Fsp3) is 0.300. The highest BCUT2D eigenvalue weighted by atomic mass is 16.4. The summed E-state index contributed by atoms with van der Waals surface area (Å²) in [5, 5.41) is 8.83. The van der Waals surface area contributed by atoms with Crippen LogP contribution >= 0.6 is 0 Å². The second-order valence-corrected chi connectivity index (χ2v) is 3.37.